The van der Waals surface area contributed by atoms with Gasteiger partial charge in [-0.05, 0) is 25.2 Å². The van der Waals surface area contributed by atoms with E-state index in [1.54, 1.807) is 0 Å². The van der Waals surface area contributed by atoms with E-state index in [0.29, 0.717) is 0 Å². The van der Waals surface area contributed by atoms with Crippen LogP contribution in [-0.2, 0) is 6.42 Å². The molecule has 0 amide bonds. The van der Waals surface area contributed by atoms with Crippen molar-refractivity contribution in [1.82, 2.24) is 15.3 Å². The molecule has 0 aliphatic rings. The Balaban J connectivity index is 2.26. The van der Waals surface area contributed by atoms with Crippen LogP contribution in [0.2, 0.25) is 0 Å². The van der Waals surface area contributed by atoms with Gasteiger partial charge < -0.3 is 5.32 Å². The minimum Gasteiger partial charge on any atom is -0.319 e. The topological polar surface area (TPSA) is 37.8 Å². The fourth-order valence-electron chi connectivity index (χ4n) is 1.56. The van der Waals surface area contributed by atoms with E-state index in [4.69, 9.17) is 0 Å². The van der Waals surface area contributed by atoms with E-state index < -0.39 is 0 Å². The minimum absolute atomic E-state index is 0.846. The maximum absolute atomic E-state index is 4.55. The zero-order valence-corrected chi connectivity index (χ0v) is 11.2. The number of hydrogen-bond donors (Lipinski definition) is 1. The Bertz CT molecular complexity index is 500. The van der Waals surface area contributed by atoms with E-state index in [0.717, 1.165) is 34.5 Å². The second kappa shape index (κ2) is 5.89. The van der Waals surface area contributed by atoms with Crippen LogP contribution < -0.4 is 5.32 Å². The predicted octanol–water partition coefficient (Wildman–Crippen LogP) is 2.67. The molecule has 1 aromatic heterocycles. The molecule has 1 heterocycles. The van der Waals surface area contributed by atoms with Gasteiger partial charge in [-0.25, -0.2) is 9.97 Å². The monoisotopic (exact) mass is 291 g/mol. The van der Waals surface area contributed by atoms with Crippen molar-refractivity contribution in [3.8, 4) is 11.3 Å². The van der Waals surface area contributed by atoms with E-state index >= 15 is 0 Å². The summed E-state index contributed by atoms with van der Waals surface area (Å²) >= 11 is 3.47. The van der Waals surface area contributed by atoms with E-state index in [2.05, 4.69) is 43.3 Å². The zero-order chi connectivity index (χ0) is 12.1. The molecule has 1 aromatic carbocycles. The minimum atomic E-state index is 0.846. The van der Waals surface area contributed by atoms with Crippen LogP contribution in [0.25, 0.3) is 11.3 Å². The Hall–Kier alpha value is -1.26. The number of likely N-dealkylation sites (N-methyl/N-ethyl adjacent to an activating group) is 1. The second-order valence-electron chi connectivity index (χ2n) is 3.72. The first kappa shape index (κ1) is 12.2. The summed E-state index contributed by atoms with van der Waals surface area (Å²) < 4.78 is 1.06. The van der Waals surface area contributed by atoms with E-state index in [1.807, 2.05) is 31.4 Å². The molecule has 0 aliphatic heterocycles. The highest BCUT2D eigenvalue weighted by atomic mass is 79.9. The van der Waals surface area contributed by atoms with E-state index in [-0.39, 0.29) is 0 Å². The molecule has 0 bridgehead atoms. The summed E-state index contributed by atoms with van der Waals surface area (Å²) in [5, 5.41) is 3.10. The molecule has 0 spiro atoms. The molecule has 88 valence electrons. The summed E-state index contributed by atoms with van der Waals surface area (Å²) in [6.07, 6.45) is 2.66. The number of benzene rings is 1. The highest BCUT2D eigenvalue weighted by molar-refractivity contribution is 9.10. The van der Waals surface area contributed by atoms with Crippen LogP contribution in [0.5, 0.6) is 0 Å². The molecule has 0 radical (unpaired) electrons. The lowest BCUT2D eigenvalue weighted by Gasteiger charge is -2.04. The predicted molar refractivity (Wildman–Crippen MR) is 72.8 cm³/mol. The molecule has 0 aliphatic carbocycles. The van der Waals surface area contributed by atoms with Gasteiger partial charge in [-0.3, -0.25) is 0 Å². The van der Waals surface area contributed by atoms with Crippen molar-refractivity contribution in [2.75, 3.05) is 13.6 Å². The lowest BCUT2D eigenvalue weighted by molar-refractivity contribution is 0.756. The first-order chi connectivity index (χ1) is 8.29. The normalized spacial score (nSPS) is 10.5. The van der Waals surface area contributed by atoms with Crippen LogP contribution in [0.4, 0.5) is 0 Å². The van der Waals surface area contributed by atoms with Crippen molar-refractivity contribution in [2.45, 2.75) is 6.42 Å². The lowest BCUT2D eigenvalue weighted by atomic mass is 10.1. The number of hydrogen-bond acceptors (Lipinski definition) is 3. The standard InChI is InChI=1S/C13H14BrN3/c1-15-7-6-13-16-8-5-12(17-13)10-3-2-4-11(14)9-10/h2-5,8-9,15H,6-7H2,1H3. The third-order valence-corrected chi connectivity index (χ3v) is 2.92. The summed E-state index contributed by atoms with van der Waals surface area (Å²) in [6.45, 7) is 0.891. The molecule has 2 rings (SSSR count). The first-order valence-electron chi connectivity index (χ1n) is 5.52. The number of halogens is 1. The Labute approximate surface area is 109 Å². The van der Waals surface area contributed by atoms with Crippen LogP contribution >= 0.6 is 15.9 Å². The molecular formula is C13H14BrN3. The van der Waals surface area contributed by atoms with Crippen molar-refractivity contribution in [1.29, 1.82) is 0 Å². The van der Waals surface area contributed by atoms with Crippen LogP contribution in [0.1, 0.15) is 5.82 Å². The van der Waals surface area contributed by atoms with Gasteiger partial charge in [0, 0.05) is 29.2 Å². The second-order valence-corrected chi connectivity index (χ2v) is 4.64. The lowest BCUT2D eigenvalue weighted by Crippen LogP contribution is -2.12. The van der Waals surface area contributed by atoms with Crippen LogP contribution in [0.15, 0.2) is 41.0 Å². The summed E-state index contributed by atoms with van der Waals surface area (Å²) in [7, 11) is 1.93. The first-order valence-corrected chi connectivity index (χ1v) is 6.31. The number of aromatic nitrogens is 2. The number of nitrogens with zero attached hydrogens (tertiary/aromatic N) is 2. The van der Waals surface area contributed by atoms with Gasteiger partial charge in [-0.15, -0.1) is 0 Å². The van der Waals surface area contributed by atoms with Gasteiger partial charge in [-0.1, -0.05) is 28.1 Å². The molecule has 2 aromatic rings. The van der Waals surface area contributed by atoms with Crippen molar-refractivity contribution in [3.05, 3.63) is 46.8 Å². The average Bonchev–Trinajstić information content (AvgIpc) is 2.37. The molecule has 0 unspecified atom stereocenters. The molecular weight excluding hydrogens is 278 g/mol. The molecule has 0 saturated heterocycles. The molecule has 0 fully saturated rings. The number of rotatable bonds is 4. The highest BCUT2D eigenvalue weighted by Gasteiger charge is 2.02. The largest absolute Gasteiger partial charge is 0.319 e. The van der Waals surface area contributed by atoms with Gasteiger partial charge in [0.1, 0.15) is 5.82 Å². The molecule has 0 atom stereocenters. The number of nitrogens with one attached hydrogen (secondary N) is 1. The van der Waals surface area contributed by atoms with Gasteiger partial charge in [0.15, 0.2) is 0 Å². The maximum atomic E-state index is 4.55. The van der Waals surface area contributed by atoms with Crippen molar-refractivity contribution in [2.24, 2.45) is 0 Å². The molecule has 3 nitrogen and oxygen atoms in total. The molecule has 1 N–H and O–H groups in total. The van der Waals surface area contributed by atoms with Gasteiger partial charge in [0.05, 0.1) is 5.69 Å². The summed E-state index contributed by atoms with van der Waals surface area (Å²) in [4.78, 5) is 8.81. The fourth-order valence-corrected chi connectivity index (χ4v) is 1.96. The van der Waals surface area contributed by atoms with E-state index in [9.17, 15) is 0 Å². The van der Waals surface area contributed by atoms with Gasteiger partial charge in [-0.2, -0.15) is 0 Å². The zero-order valence-electron chi connectivity index (χ0n) is 9.65. The fraction of sp³-hybridized carbons (Fsp3) is 0.231. The Morgan fingerprint density at radius 2 is 2.18 bits per heavy atom. The summed E-state index contributed by atoms with van der Waals surface area (Å²) in [6, 6.07) is 10.1. The summed E-state index contributed by atoms with van der Waals surface area (Å²) in [5.41, 5.74) is 2.07. The Morgan fingerprint density at radius 3 is 2.94 bits per heavy atom. The SMILES string of the molecule is CNCCc1nccc(-c2cccc(Br)c2)n1. The Morgan fingerprint density at radius 1 is 1.29 bits per heavy atom. The van der Waals surface area contributed by atoms with Crippen molar-refractivity contribution < 1.29 is 0 Å². The maximum Gasteiger partial charge on any atom is 0.130 e. The average molecular weight is 292 g/mol. The molecule has 4 heteroatoms. The van der Waals surface area contributed by atoms with Crippen LogP contribution in [0.3, 0.4) is 0 Å². The van der Waals surface area contributed by atoms with Crippen molar-refractivity contribution in [3.63, 3.8) is 0 Å². The van der Waals surface area contributed by atoms with Crippen LogP contribution in [-0.4, -0.2) is 23.6 Å². The quantitative estimate of drug-likeness (QED) is 0.941. The van der Waals surface area contributed by atoms with Gasteiger partial charge in [0.2, 0.25) is 0 Å². The van der Waals surface area contributed by atoms with Crippen LogP contribution in [0, 0.1) is 0 Å². The highest BCUT2D eigenvalue weighted by Crippen LogP contribution is 2.20. The Kier molecular flexibility index (Phi) is 4.23. The van der Waals surface area contributed by atoms with E-state index in [1.165, 1.54) is 0 Å². The van der Waals surface area contributed by atoms with Gasteiger partial charge >= 0.3 is 0 Å². The van der Waals surface area contributed by atoms with Gasteiger partial charge in [0.25, 0.3) is 0 Å². The third-order valence-electron chi connectivity index (χ3n) is 2.42. The molecule has 0 saturated carbocycles. The van der Waals surface area contributed by atoms with Crippen molar-refractivity contribution >= 4 is 15.9 Å². The third kappa shape index (κ3) is 3.35. The summed E-state index contributed by atoms with van der Waals surface area (Å²) in [5.74, 6) is 0.872. The smallest absolute Gasteiger partial charge is 0.130 e. The molecule has 17 heavy (non-hydrogen) atoms.